The van der Waals surface area contributed by atoms with Crippen molar-refractivity contribution in [1.82, 2.24) is 5.32 Å². The second kappa shape index (κ2) is 7.24. The van der Waals surface area contributed by atoms with E-state index in [1.54, 1.807) is 6.07 Å². The van der Waals surface area contributed by atoms with Crippen LogP contribution in [0.3, 0.4) is 0 Å². The highest BCUT2D eigenvalue weighted by Gasteiger charge is 2.21. The van der Waals surface area contributed by atoms with Gasteiger partial charge in [-0.1, -0.05) is 6.07 Å². The topological polar surface area (TPSA) is 50.4 Å². The van der Waals surface area contributed by atoms with Crippen molar-refractivity contribution < 1.29 is 13.9 Å². The highest BCUT2D eigenvalue weighted by molar-refractivity contribution is 5.99. The van der Waals surface area contributed by atoms with E-state index in [1.807, 2.05) is 6.92 Å². The van der Waals surface area contributed by atoms with Crippen molar-refractivity contribution >= 4 is 11.6 Å². The molecule has 1 aliphatic carbocycles. The molecular weight excluding hydrogens is 259 g/mol. The van der Waals surface area contributed by atoms with Crippen LogP contribution in [-0.4, -0.2) is 32.2 Å². The molecule has 0 heterocycles. The van der Waals surface area contributed by atoms with Crippen LogP contribution in [0.1, 0.15) is 30.1 Å². The molecule has 110 valence electrons. The quantitative estimate of drug-likeness (QED) is 0.719. The Morgan fingerprint density at radius 3 is 2.95 bits per heavy atom. The molecule has 2 rings (SSSR count). The van der Waals surface area contributed by atoms with E-state index < -0.39 is 5.82 Å². The van der Waals surface area contributed by atoms with Crippen LogP contribution >= 0.6 is 0 Å². The third-order valence-corrected chi connectivity index (χ3v) is 3.19. The van der Waals surface area contributed by atoms with E-state index in [2.05, 4.69) is 10.6 Å². The molecule has 0 spiro atoms. The molecule has 5 heteroatoms. The van der Waals surface area contributed by atoms with Crippen molar-refractivity contribution in [1.29, 1.82) is 0 Å². The van der Waals surface area contributed by atoms with Crippen LogP contribution in [0, 0.1) is 11.7 Å². The molecule has 0 radical (unpaired) electrons. The molecule has 0 aromatic heterocycles. The summed E-state index contributed by atoms with van der Waals surface area (Å²) in [4.78, 5) is 12.0. The second-order valence-corrected chi connectivity index (χ2v) is 4.97. The van der Waals surface area contributed by atoms with E-state index in [4.69, 9.17) is 4.74 Å². The first-order chi connectivity index (χ1) is 9.72. The summed E-state index contributed by atoms with van der Waals surface area (Å²) in [6.07, 6.45) is 2.50. The van der Waals surface area contributed by atoms with Crippen molar-refractivity contribution in [3.8, 4) is 0 Å². The van der Waals surface area contributed by atoms with Crippen LogP contribution in [0.4, 0.5) is 10.1 Å². The number of carbonyl (C=O) groups excluding carboxylic acids is 1. The van der Waals surface area contributed by atoms with Crippen molar-refractivity contribution in [2.24, 2.45) is 5.92 Å². The molecule has 1 aromatic carbocycles. The first kappa shape index (κ1) is 14.8. The average molecular weight is 280 g/mol. The molecule has 0 atom stereocenters. The molecule has 1 fully saturated rings. The SMILES string of the molecule is CCNc1c(F)cccc1C(=O)NCCOCC1CC1. The fourth-order valence-corrected chi connectivity index (χ4v) is 1.94. The third kappa shape index (κ3) is 4.20. The highest BCUT2D eigenvalue weighted by atomic mass is 19.1. The van der Waals surface area contributed by atoms with Crippen molar-refractivity contribution in [2.75, 3.05) is 31.6 Å². The zero-order valence-electron chi connectivity index (χ0n) is 11.7. The lowest BCUT2D eigenvalue weighted by Gasteiger charge is -2.12. The number of hydrogen-bond acceptors (Lipinski definition) is 3. The zero-order valence-corrected chi connectivity index (χ0v) is 11.7. The van der Waals surface area contributed by atoms with Crippen LogP contribution < -0.4 is 10.6 Å². The lowest BCUT2D eigenvalue weighted by Crippen LogP contribution is -2.28. The van der Waals surface area contributed by atoms with Gasteiger partial charge in [0.1, 0.15) is 5.82 Å². The molecule has 1 aliphatic rings. The Bertz CT molecular complexity index is 461. The fraction of sp³-hybridized carbons (Fsp3) is 0.533. The van der Waals surface area contributed by atoms with Gasteiger partial charge in [0.25, 0.3) is 5.91 Å². The van der Waals surface area contributed by atoms with Crippen LogP contribution in [0.5, 0.6) is 0 Å². The maximum Gasteiger partial charge on any atom is 0.253 e. The molecule has 0 unspecified atom stereocenters. The van der Waals surface area contributed by atoms with Gasteiger partial charge < -0.3 is 15.4 Å². The summed E-state index contributed by atoms with van der Waals surface area (Å²) in [6.45, 7) is 4.13. The summed E-state index contributed by atoms with van der Waals surface area (Å²) in [6, 6.07) is 4.49. The Hall–Kier alpha value is -1.62. The molecule has 1 amide bonds. The molecule has 1 saturated carbocycles. The molecule has 0 saturated heterocycles. The summed E-state index contributed by atoms with van der Waals surface area (Å²) >= 11 is 0. The Balaban J connectivity index is 1.82. The molecular formula is C15H21FN2O2. The van der Waals surface area contributed by atoms with E-state index in [-0.39, 0.29) is 11.6 Å². The van der Waals surface area contributed by atoms with Crippen LogP contribution in [0.15, 0.2) is 18.2 Å². The van der Waals surface area contributed by atoms with Gasteiger partial charge in [-0.25, -0.2) is 4.39 Å². The minimum absolute atomic E-state index is 0.256. The number of hydrogen-bond donors (Lipinski definition) is 2. The van der Waals surface area contributed by atoms with Gasteiger partial charge in [0.15, 0.2) is 0 Å². The minimum Gasteiger partial charge on any atom is -0.382 e. The molecule has 20 heavy (non-hydrogen) atoms. The zero-order chi connectivity index (χ0) is 14.4. The van der Waals surface area contributed by atoms with Crippen molar-refractivity contribution in [3.63, 3.8) is 0 Å². The smallest absolute Gasteiger partial charge is 0.253 e. The normalized spacial score (nSPS) is 14.1. The van der Waals surface area contributed by atoms with E-state index in [1.165, 1.54) is 25.0 Å². The fourth-order valence-electron chi connectivity index (χ4n) is 1.94. The molecule has 1 aromatic rings. The van der Waals surface area contributed by atoms with E-state index in [0.717, 1.165) is 6.61 Å². The van der Waals surface area contributed by atoms with E-state index >= 15 is 0 Å². The van der Waals surface area contributed by atoms with Gasteiger partial charge in [-0.05, 0) is 37.8 Å². The van der Waals surface area contributed by atoms with Gasteiger partial charge in [-0.3, -0.25) is 4.79 Å². The number of para-hydroxylation sites is 1. The lowest BCUT2D eigenvalue weighted by atomic mass is 10.1. The monoisotopic (exact) mass is 280 g/mol. The van der Waals surface area contributed by atoms with Gasteiger partial charge >= 0.3 is 0 Å². The van der Waals surface area contributed by atoms with E-state index in [9.17, 15) is 9.18 Å². The standard InChI is InChI=1S/C15H21FN2O2/c1-2-17-14-12(4-3-5-13(14)16)15(19)18-8-9-20-10-11-6-7-11/h3-5,11,17H,2,6-10H2,1H3,(H,18,19). The lowest BCUT2D eigenvalue weighted by molar-refractivity contribution is 0.0907. The average Bonchev–Trinajstić information content (AvgIpc) is 3.25. The number of benzene rings is 1. The Morgan fingerprint density at radius 1 is 1.45 bits per heavy atom. The van der Waals surface area contributed by atoms with Gasteiger partial charge in [0.05, 0.1) is 17.9 Å². The third-order valence-electron chi connectivity index (χ3n) is 3.19. The maximum atomic E-state index is 13.7. The van der Waals surface area contributed by atoms with Gasteiger partial charge in [-0.2, -0.15) is 0 Å². The van der Waals surface area contributed by atoms with E-state index in [0.29, 0.717) is 31.2 Å². The number of ether oxygens (including phenoxy) is 1. The predicted molar refractivity (Wildman–Crippen MR) is 76.4 cm³/mol. The Kier molecular flexibility index (Phi) is 5.35. The van der Waals surface area contributed by atoms with Crippen LogP contribution in [0.25, 0.3) is 0 Å². The van der Waals surface area contributed by atoms with Gasteiger partial charge in [0.2, 0.25) is 0 Å². The number of amides is 1. The molecule has 0 bridgehead atoms. The number of nitrogens with one attached hydrogen (secondary N) is 2. The number of carbonyl (C=O) groups is 1. The van der Waals surface area contributed by atoms with Crippen molar-refractivity contribution in [2.45, 2.75) is 19.8 Å². The van der Waals surface area contributed by atoms with Crippen LogP contribution in [-0.2, 0) is 4.74 Å². The summed E-state index contributed by atoms with van der Waals surface area (Å²) in [5.74, 6) is 0.0224. The largest absolute Gasteiger partial charge is 0.382 e. The van der Waals surface area contributed by atoms with Gasteiger partial charge in [-0.15, -0.1) is 0 Å². The number of anilines is 1. The molecule has 0 aliphatic heterocycles. The first-order valence-electron chi connectivity index (χ1n) is 7.10. The van der Waals surface area contributed by atoms with Crippen molar-refractivity contribution in [3.05, 3.63) is 29.6 Å². The summed E-state index contributed by atoms with van der Waals surface area (Å²) in [7, 11) is 0. The summed E-state index contributed by atoms with van der Waals surface area (Å²) in [5.41, 5.74) is 0.584. The predicted octanol–water partition coefficient (Wildman–Crippen LogP) is 2.41. The first-order valence-corrected chi connectivity index (χ1v) is 7.10. The minimum atomic E-state index is -0.413. The maximum absolute atomic E-state index is 13.7. The van der Waals surface area contributed by atoms with Gasteiger partial charge in [0, 0.05) is 19.7 Å². The molecule has 2 N–H and O–H groups in total. The Morgan fingerprint density at radius 2 is 2.25 bits per heavy atom. The summed E-state index contributed by atoms with van der Waals surface area (Å²) < 4.78 is 19.1. The Labute approximate surface area is 118 Å². The second-order valence-electron chi connectivity index (χ2n) is 4.97. The number of halogens is 1. The summed E-state index contributed by atoms with van der Waals surface area (Å²) in [5, 5.41) is 5.63. The number of rotatable bonds is 8. The molecule has 4 nitrogen and oxygen atoms in total. The van der Waals surface area contributed by atoms with Crippen LogP contribution in [0.2, 0.25) is 0 Å². The highest BCUT2D eigenvalue weighted by Crippen LogP contribution is 2.28.